The van der Waals surface area contributed by atoms with E-state index in [0.29, 0.717) is 0 Å². The van der Waals surface area contributed by atoms with Crippen LogP contribution in [0, 0.1) is 6.92 Å². The molecule has 0 spiro atoms. The van der Waals surface area contributed by atoms with E-state index in [1.165, 1.54) is 10.4 Å². The third-order valence-electron chi connectivity index (χ3n) is 1.62. The highest BCUT2D eigenvalue weighted by atomic mass is 32.1. The van der Waals surface area contributed by atoms with Crippen LogP contribution in [0.15, 0.2) is 11.4 Å². The average Bonchev–Trinajstić information content (AvgIpc) is 2.40. The Hall–Kier alpha value is -0.420. The number of hydrogen-bond acceptors (Lipinski definition) is 4. The van der Waals surface area contributed by atoms with Gasteiger partial charge in [0.25, 0.3) is 0 Å². The van der Waals surface area contributed by atoms with E-state index in [2.05, 4.69) is 29.1 Å². The van der Waals surface area contributed by atoms with Crippen LogP contribution in [-0.2, 0) is 0 Å². The van der Waals surface area contributed by atoms with Gasteiger partial charge in [0.2, 0.25) is 0 Å². The van der Waals surface area contributed by atoms with Crippen LogP contribution in [0.5, 0.6) is 0 Å². The minimum Gasteiger partial charge on any atom is -0.300 e. The fourth-order valence-electron chi connectivity index (χ4n) is 0.970. The monoisotopic (exact) mass is 171 g/mol. The molecule has 0 radical (unpaired) electrons. The molecule has 4 heteroatoms. The molecule has 0 amide bonds. The van der Waals surface area contributed by atoms with E-state index in [-0.39, 0.29) is 6.17 Å². The Morgan fingerprint density at radius 2 is 2.36 bits per heavy atom. The average molecular weight is 171 g/mol. The summed E-state index contributed by atoms with van der Waals surface area (Å²) in [6, 6.07) is 2.08. The topological polar surface area (TPSA) is 50.1 Å². The molecule has 11 heavy (non-hydrogen) atoms. The van der Waals surface area contributed by atoms with Crippen LogP contribution >= 0.6 is 11.3 Å². The lowest BCUT2D eigenvalue weighted by Crippen LogP contribution is -2.36. The lowest BCUT2D eigenvalue weighted by atomic mass is 10.2. The molecular formula is C7H13N3S. The molecule has 1 aromatic rings. The normalized spacial score (nSPS) is 13.4. The van der Waals surface area contributed by atoms with Gasteiger partial charge in [-0.3, -0.25) is 11.2 Å². The Morgan fingerprint density at radius 1 is 1.64 bits per heavy atom. The van der Waals surface area contributed by atoms with Gasteiger partial charge in [-0.1, -0.05) is 0 Å². The summed E-state index contributed by atoms with van der Waals surface area (Å²) in [7, 11) is 1.88. The minimum absolute atomic E-state index is 0.0787. The van der Waals surface area contributed by atoms with E-state index in [4.69, 9.17) is 5.84 Å². The molecule has 0 aliphatic rings. The first-order valence-electron chi connectivity index (χ1n) is 3.47. The molecule has 62 valence electrons. The molecule has 0 saturated heterocycles. The molecule has 4 N–H and O–H groups in total. The van der Waals surface area contributed by atoms with Crippen molar-refractivity contribution in [2.45, 2.75) is 13.1 Å². The SMILES string of the molecule is CNC(NN)c1sccc1C. The first-order valence-corrected chi connectivity index (χ1v) is 4.35. The largest absolute Gasteiger partial charge is 0.300 e. The molecule has 0 fully saturated rings. The van der Waals surface area contributed by atoms with E-state index in [9.17, 15) is 0 Å². The maximum absolute atomic E-state index is 5.34. The predicted octanol–water partition coefficient (Wildman–Crippen LogP) is 0.738. The first kappa shape index (κ1) is 8.67. The van der Waals surface area contributed by atoms with Crippen LogP contribution in [0.1, 0.15) is 16.6 Å². The predicted molar refractivity (Wildman–Crippen MR) is 48.2 cm³/mol. The van der Waals surface area contributed by atoms with Crippen molar-refractivity contribution in [3.8, 4) is 0 Å². The highest BCUT2D eigenvalue weighted by Crippen LogP contribution is 2.20. The fourth-order valence-corrected chi connectivity index (χ4v) is 1.96. The van der Waals surface area contributed by atoms with Gasteiger partial charge >= 0.3 is 0 Å². The van der Waals surface area contributed by atoms with Crippen LogP contribution in [-0.4, -0.2) is 7.05 Å². The maximum Gasteiger partial charge on any atom is 0.105 e. The van der Waals surface area contributed by atoms with Crippen molar-refractivity contribution in [2.24, 2.45) is 5.84 Å². The summed E-state index contributed by atoms with van der Waals surface area (Å²) in [4.78, 5) is 1.25. The van der Waals surface area contributed by atoms with Gasteiger partial charge in [0.05, 0.1) is 0 Å². The molecule has 0 aromatic carbocycles. The summed E-state index contributed by atoms with van der Waals surface area (Å²) >= 11 is 1.70. The molecule has 3 nitrogen and oxygen atoms in total. The zero-order valence-electron chi connectivity index (χ0n) is 6.72. The second-order valence-corrected chi connectivity index (χ2v) is 3.30. The summed E-state index contributed by atoms with van der Waals surface area (Å²) in [5.41, 5.74) is 3.96. The number of thiophene rings is 1. The zero-order chi connectivity index (χ0) is 8.27. The van der Waals surface area contributed by atoms with Crippen molar-refractivity contribution < 1.29 is 0 Å². The second kappa shape index (κ2) is 3.82. The van der Waals surface area contributed by atoms with Gasteiger partial charge < -0.3 is 0 Å². The van der Waals surface area contributed by atoms with E-state index in [1.807, 2.05) is 7.05 Å². The Labute approximate surface area is 70.6 Å². The molecule has 1 unspecified atom stereocenters. The van der Waals surface area contributed by atoms with E-state index < -0.39 is 0 Å². The molecule has 0 aliphatic heterocycles. The van der Waals surface area contributed by atoms with Gasteiger partial charge in [-0.2, -0.15) is 0 Å². The van der Waals surface area contributed by atoms with E-state index in [1.54, 1.807) is 11.3 Å². The Balaban J connectivity index is 2.81. The van der Waals surface area contributed by atoms with Gasteiger partial charge in [-0.05, 0) is 31.0 Å². The van der Waals surface area contributed by atoms with Crippen molar-refractivity contribution in [1.29, 1.82) is 0 Å². The molecule has 0 bridgehead atoms. The number of rotatable bonds is 3. The van der Waals surface area contributed by atoms with Gasteiger partial charge in [-0.15, -0.1) is 11.3 Å². The smallest absolute Gasteiger partial charge is 0.105 e. The summed E-state index contributed by atoms with van der Waals surface area (Å²) in [6.45, 7) is 2.08. The van der Waals surface area contributed by atoms with Gasteiger partial charge in [0, 0.05) is 4.88 Å². The van der Waals surface area contributed by atoms with Gasteiger partial charge in [0.15, 0.2) is 0 Å². The molecule has 0 saturated carbocycles. The Bertz CT molecular complexity index is 217. The fraction of sp³-hybridized carbons (Fsp3) is 0.429. The van der Waals surface area contributed by atoms with Crippen molar-refractivity contribution in [1.82, 2.24) is 10.7 Å². The van der Waals surface area contributed by atoms with Crippen LogP contribution < -0.4 is 16.6 Å². The maximum atomic E-state index is 5.34. The number of aryl methyl sites for hydroxylation is 1. The molecule has 1 rings (SSSR count). The lowest BCUT2D eigenvalue weighted by Gasteiger charge is -2.13. The quantitative estimate of drug-likeness (QED) is 0.357. The Morgan fingerprint density at radius 3 is 2.73 bits per heavy atom. The molecule has 1 heterocycles. The molecular weight excluding hydrogens is 158 g/mol. The van der Waals surface area contributed by atoms with Gasteiger partial charge in [0.1, 0.15) is 6.17 Å². The van der Waals surface area contributed by atoms with Crippen molar-refractivity contribution in [3.63, 3.8) is 0 Å². The number of hydrogen-bond donors (Lipinski definition) is 3. The third-order valence-corrected chi connectivity index (χ3v) is 2.70. The summed E-state index contributed by atoms with van der Waals surface area (Å²) in [5, 5.41) is 5.13. The number of hydrazine groups is 1. The van der Waals surface area contributed by atoms with Crippen LogP contribution in [0.2, 0.25) is 0 Å². The van der Waals surface area contributed by atoms with E-state index in [0.717, 1.165) is 0 Å². The highest BCUT2D eigenvalue weighted by Gasteiger charge is 2.09. The van der Waals surface area contributed by atoms with Crippen molar-refractivity contribution >= 4 is 11.3 Å². The first-order chi connectivity index (χ1) is 5.29. The molecule has 1 atom stereocenters. The van der Waals surface area contributed by atoms with Crippen LogP contribution in [0.4, 0.5) is 0 Å². The summed E-state index contributed by atoms with van der Waals surface area (Å²) in [5.74, 6) is 5.34. The summed E-state index contributed by atoms with van der Waals surface area (Å²) < 4.78 is 0. The molecule has 1 aromatic heterocycles. The second-order valence-electron chi connectivity index (χ2n) is 2.36. The van der Waals surface area contributed by atoms with Crippen molar-refractivity contribution in [2.75, 3.05) is 7.05 Å². The molecule has 0 aliphatic carbocycles. The van der Waals surface area contributed by atoms with Crippen LogP contribution in [0.25, 0.3) is 0 Å². The zero-order valence-corrected chi connectivity index (χ0v) is 7.53. The minimum atomic E-state index is 0.0787. The lowest BCUT2D eigenvalue weighted by molar-refractivity contribution is 0.494. The number of nitrogens with one attached hydrogen (secondary N) is 2. The number of nitrogens with two attached hydrogens (primary N) is 1. The van der Waals surface area contributed by atoms with E-state index >= 15 is 0 Å². The summed E-state index contributed by atoms with van der Waals surface area (Å²) in [6.07, 6.45) is 0.0787. The third kappa shape index (κ3) is 1.78. The van der Waals surface area contributed by atoms with Crippen LogP contribution in [0.3, 0.4) is 0 Å². The Kier molecular flexibility index (Phi) is 3.02. The van der Waals surface area contributed by atoms with Crippen molar-refractivity contribution in [3.05, 3.63) is 21.9 Å². The standard InChI is InChI=1S/C7H13N3S/c1-5-3-4-11-6(5)7(9-2)10-8/h3-4,7,9-10H,8H2,1-2H3. The highest BCUT2D eigenvalue weighted by molar-refractivity contribution is 7.10. The van der Waals surface area contributed by atoms with Gasteiger partial charge in [-0.25, -0.2) is 5.43 Å².